The molecule has 1 aliphatic rings. The summed E-state index contributed by atoms with van der Waals surface area (Å²) in [5.41, 5.74) is 0. The van der Waals surface area contributed by atoms with E-state index in [9.17, 15) is 37.9 Å². The van der Waals surface area contributed by atoms with Gasteiger partial charge in [-0.3, -0.25) is 14.1 Å². The third-order valence-corrected chi connectivity index (χ3v) is 9.85. The van der Waals surface area contributed by atoms with Crippen LogP contribution < -0.4 is 0 Å². The molecule has 6 atom stereocenters. The van der Waals surface area contributed by atoms with Crippen LogP contribution in [0.2, 0.25) is 0 Å². The molecule has 12 nitrogen and oxygen atoms in total. The van der Waals surface area contributed by atoms with Crippen LogP contribution in [0.3, 0.4) is 0 Å². The zero-order valence-electron chi connectivity index (χ0n) is 31.5. The zero-order chi connectivity index (χ0) is 37.7. The molecule has 0 spiro atoms. The second-order valence-corrected chi connectivity index (χ2v) is 15.4. The van der Waals surface area contributed by atoms with Crippen LogP contribution in [0.25, 0.3) is 0 Å². The molecule has 0 bridgehead atoms. The Morgan fingerprint density at radius 2 is 1.12 bits per heavy atom. The molecular weight excluding hydrogens is 680 g/mol. The number of aliphatic hydroxyl groups is 3. The van der Waals surface area contributed by atoms with Crippen molar-refractivity contribution in [3.63, 3.8) is 0 Å². The van der Waals surface area contributed by atoms with Crippen LogP contribution in [0, 0.1) is 0 Å². The van der Waals surface area contributed by atoms with Crippen molar-refractivity contribution >= 4 is 22.1 Å². The van der Waals surface area contributed by atoms with Crippen LogP contribution in [0.4, 0.5) is 0 Å². The van der Waals surface area contributed by atoms with E-state index >= 15 is 0 Å². The van der Waals surface area contributed by atoms with Crippen molar-refractivity contribution in [2.75, 3.05) is 19.0 Å². The Hall–Kier alpha value is -1.61. The van der Waals surface area contributed by atoms with Gasteiger partial charge in [-0.05, 0) is 38.5 Å². The molecule has 0 saturated carbocycles. The molecular formula is C38H70O12S. The fourth-order valence-corrected chi connectivity index (χ4v) is 6.65. The number of rotatable bonds is 32. The number of carbonyl (C=O) groups is 2. The lowest BCUT2D eigenvalue weighted by Crippen LogP contribution is -2.60. The van der Waals surface area contributed by atoms with Crippen LogP contribution in [0.15, 0.2) is 12.2 Å². The molecule has 1 fully saturated rings. The van der Waals surface area contributed by atoms with Crippen molar-refractivity contribution in [3.8, 4) is 0 Å². The topological polar surface area (TPSA) is 186 Å². The number of hydrogen-bond acceptors (Lipinski definition) is 11. The molecule has 300 valence electrons. The van der Waals surface area contributed by atoms with Gasteiger partial charge in [-0.15, -0.1) is 0 Å². The number of ether oxygens (including phenoxy) is 4. The largest absolute Gasteiger partial charge is 0.462 e. The van der Waals surface area contributed by atoms with Crippen molar-refractivity contribution in [2.24, 2.45) is 0 Å². The summed E-state index contributed by atoms with van der Waals surface area (Å²) in [6, 6.07) is 0. The van der Waals surface area contributed by atoms with Gasteiger partial charge in [0, 0.05) is 12.8 Å². The molecule has 0 aliphatic carbocycles. The SMILES string of the molecule is CCCCC/C=C\CCCCCCCC(=O)OC(COC(=O)CCCCCCCCCCCCC)COC1OC(CS(=O)(=O)O)C(O)C(O)C1O. The van der Waals surface area contributed by atoms with E-state index in [4.69, 9.17) is 18.9 Å². The van der Waals surface area contributed by atoms with Crippen LogP contribution in [-0.2, 0) is 38.7 Å². The minimum atomic E-state index is -4.59. The normalized spacial score (nSPS) is 21.6. The monoisotopic (exact) mass is 750 g/mol. The van der Waals surface area contributed by atoms with Gasteiger partial charge in [0.1, 0.15) is 36.8 Å². The first kappa shape index (κ1) is 47.4. The van der Waals surface area contributed by atoms with Gasteiger partial charge < -0.3 is 34.3 Å². The Labute approximate surface area is 307 Å². The molecule has 1 saturated heterocycles. The number of hydrogen-bond donors (Lipinski definition) is 4. The van der Waals surface area contributed by atoms with Crippen molar-refractivity contribution in [1.29, 1.82) is 0 Å². The quantitative estimate of drug-likeness (QED) is 0.0247. The molecule has 6 unspecified atom stereocenters. The molecule has 0 aromatic rings. The first-order chi connectivity index (χ1) is 24.5. The first-order valence-electron chi connectivity index (χ1n) is 19.7. The van der Waals surface area contributed by atoms with Gasteiger partial charge in [0.05, 0.1) is 6.61 Å². The summed E-state index contributed by atoms with van der Waals surface area (Å²) >= 11 is 0. The predicted molar refractivity (Wildman–Crippen MR) is 197 cm³/mol. The Morgan fingerprint density at radius 3 is 1.67 bits per heavy atom. The van der Waals surface area contributed by atoms with Gasteiger partial charge in [0.15, 0.2) is 12.4 Å². The van der Waals surface area contributed by atoms with E-state index in [1.807, 2.05) is 0 Å². The lowest BCUT2D eigenvalue weighted by molar-refractivity contribution is -0.297. The van der Waals surface area contributed by atoms with E-state index in [2.05, 4.69) is 26.0 Å². The Kier molecular flexibility index (Phi) is 27.7. The molecule has 1 heterocycles. The summed E-state index contributed by atoms with van der Waals surface area (Å²) in [6.45, 7) is 3.69. The van der Waals surface area contributed by atoms with Gasteiger partial charge in [0.2, 0.25) is 0 Å². The van der Waals surface area contributed by atoms with Gasteiger partial charge in [-0.2, -0.15) is 8.42 Å². The molecule has 13 heteroatoms. The summed E-state index contributed by atoms with van der Waals surface area (Å²) < 4.78 is 53.8. The first-order valence-corrected chi connectivity index (χ1v) is 21.4. The second kappa shape index (κ2) is 29.8. The molecule has 51 heavy (non-hydrogen) atoms. The maximum atomic E-state index is 12.7. The van der Waals surface area contributed by atoms with Gasteiger partial charge >= 0.3 is 11.9 Å². The summed E-state index contributed by atoms with van der Waals surface area (Å²) in [5, 5.41) is 30.7. The number of unbranched alkanes of at least 4 members (excludes halogenated alkanes) is 18. The van der Waals surface area contributed by atoms with Gasteiger partial charge in [-0.1, -0.05) is 122 Å². The highest BCUT2D eigenvalue weighted by molar-refractivity contribution is 7.85. The lowest BCUT2D eigenvalue weighted by Gasteiger charge is -2.40. The van der Waals surface area contributed by atoms with E-state index in [1.165, 1.54) is 64.2 Å². The van der Waals surface area contributed by atoms with E-state index in [1.54, 1.807) is 0 Å². The molecule has 1 aliphatic heterocycles. The predicted octanol–water partition coefficient (Wildman–Crippen LogP) is 6.72. The second-order valence-electron chi connectivity index (χ2n) is 14.0. The Morgan fingerprint density at radius 1 is 0.647 bits per heavy atom. The van der Waals surface area contributed by atoms with Crippen molar-refractivity contribution in [3.05, 3.63) is 12.2 Å². The highest BCUT2D eigenvalue weighted by Crippen LogP contribution is 2.24. The standard InChI is InChI=1S/C38H70O12S/c1-3-5-7-9-11-13-15-17-19-21-23-25-27-34(40)49-31(28-47-33(39)26-24-22-20-18-16-14-12-10-8-6-4-2)29-48-38-37(43)36(42)35(41)32(50-38)30-51(44,45)46/h11,13,31-32,35-38,41-43H,3-10,12,14-30H2,1-2H3,(H,44,45,46)/b13-11-. The zero-order valence-corrected chi connectivity index (χ0v) is 32.3. The number of allylic oxidation sites excluding steroid dienone is 2. The summed E-state index contributed by atoms with van der Waals surface area (Å²) in [7, 11) is -4.59. The molecule has 0 aromatic heterocycles. The number of esters is 2. The third-order valence-electron chi connectivity index (χ3n) is 9.10. The molecule has 1 rings (SSSR count). The third kappa shape index (κ3) is 25.1. The molecule has 0 radical (unpaired) electrons. The van der Waals surface area contributed by atoms with Gasteiger partial charge in [0.25, 0.3) is 10.1 Å². The van der Waals surface area contributed by atoms with Crippen LogP contribution >= 0.6 is 0 Å². The maximum Gasteiger partial charge on any atom is 0.306 e. The Bertz CT molecular complexity index is 1020. The highest BCUT2D eigenvalue weighted by Gasteiger charge is 2.46. The number of aliphatic hydroxyl groups excluding tert-OH is 3. The minimum Gasteiger partial charge on any atom is -0.462 e. The van der Waals surface area contributed by atoms with Crippen LogP contribution in [0.1, 0.15) is 162 Å². The maximum absolute atomic E-state index is 12.7. The van der Waals surface area contributed by atoms with Crippen molar-refractivity contribution in [2.45, 2.75) is 198 Å². The van der Waals surface area contributed by atoms with Gasteiger partial charge in [-0.25, -0.2) is 0 Å². The minimum absolute atomic E-state index is 0.157. The Balaban J connectivity index is 2.53. The smallest absolute Gasteiger partial charge is 0.306 e. The molecule has 4 N–H and O–H groups in total. The fraction of sp³-hybridized carbons (Fsp3) is 0.895. The average molecular weight is 751 g/mol. The van der Waals surface area contributed by atoms with E-state index in [0.29, 0.717) is 12.8 Å². The lowest BCUT2D eigenvalue weighted by atomic mass is 10.00. The average Bonchev–Trinajstić information content (AvgIpc) is 3.09. The molecule has 0 aromatic carbocycles. The van der Waals surface area contributed by atoms with Crippen molar-refractivity contribution in [1.82, 2.24) is 0 Å². The fourth-order valence-electron chi connectivity index (χ4n) is 5.96. The molecule has 0 amide bonds. The van der Waals surface area contributed by atoms with E-state index in [0.717, 1.165) is 57.8 Å². The van der Waals surface area contributed by atoms with E-state index < -0.39 is 71.2 Å². The summed E-state index contributed by atoms with van der Waals surface area (Å²) in [6.07, 6.45) is 18.4. The van der Waals surface area contributed by atoms with Crippen LogP contribution in [0.5, 0.6) is 0 Å². The number of carbonyl (C=O) groups excluding carboxylic acids is 2. The van der Waals surface area contributed by atoms with Crippen molar-refractivity contribution < 1.29 is 56.8 Å². The summed E-state index contributed by atoms with van der Waals surface area (Å²) in [5.74, 6) is -1.99. The van der Waals surface area contributed by atoms with E-state index in [-0.39, 0.29) is 19.4 Å². The summed E-state index contributed by atoms with van der Waals surface area (Å²) in [4.78, 5) is 25.2. The van der Waals surface area contributed by atoms with Crippen LogP contribution in [-0.4, -0.2) is 96.0 Å². The highest BCUT2D eigenvalue weighted by atomic mass is 32.2.